The Bertz CT molecular complexity index is 15.2. The van der Waals surface area contributed by atoms with E-state index < -0.39 is 0 Å². The average molecular weight is 1640 g/mol. The van der Waals surface area contributed by atoms with Gasteiger partial charge in [-0.2, -0.15) is 6.54 Å². The van der Waals surface area contributed by atoms with Gasteiger partial charge in [0, 0.05) is 589 Å². The van der Waals surface area contributed by atoms with Gasteiger partial charge in [-0.05, 0) is 0 Å². The third-order valence-electron chi connectivity index (χ3n) is 0. The van der Waals surface area contributed by atoms with Crippen molar-refractivity contribution < 1.29 is 589 Å². The summed E-state index contributed by atoms with van der Waals surface area (Å²) in [5, 5.41) is 0. The van der Waals surface area contributed by atoms with Crippen molar-refractivity contribution in [2.45, 2.75) is 6.92 Å². The molecule has 0 aromatic rings. The van der Waals surface area contributed by atoms with Gasteiger partial charge in [-0.3, -0.25) is 0 Å². The van der Waals surface area contributed by atoms with Gasteiger partial charge in [-0.25, -0.2) is 0 Å². The first kappa shape index (κ1) is 136. The maximum atomic E-state index is 6.21. The van der Waals surface area contributed by atoms with Gasteiger partial charge in [0.25, 0.3) is 0 Å². The molecule has 0 spiro atoms. The third kappa shape index (κ3) is 145. The van der Waals surface area contributed by atoms with Crippen LogP contribution < -0.4 is 0 Å². The molecule has 74 valence electrons. The van der Waals surface area contributed by atoms with E-state index in [2.05, 4.69) is 0 Å². The minimum atomic E-state index is 0. The Balaban J connectivity index is -0.000000000131. The number of rotatable bonds is 0. The molecule has 0 amide bonds. The monoisotopic (exact) mass is 1640 g/mol. The van der Waals surface area contributed by atoms with Gasteiger partial charge in [0.15, 0.2) is 0 Å². The smallest absolute Gasteiger partial charge is 0 e. The number of hydrogen-bond donors (Lipinski definition) is 0. The van der Waals surface area contributed by atoms with E-state index in [9.17, 15) is 0 Å². The molecule has 0 aliphatic rings. The van der Waals surface area contributed by atoms with Gasteiger partial charge in [0.1, 0.15) is 0 Å². The van der Waals surface area contributed by atoms with Crippen LogP contribution in [0.15, 0.2) is 0 Å². The van der Waals surface area contributed by atoms with E-state index in [1.54, 1.807) is 6.92 Å². The zero-order chi connectivity index (χ0) is 2.71. The second-order valence-corrected chi connectivity index (χ2v) is 0.354. The first-order valence-electron chi connectivity index (χ1n) is 1.06. The fraction of sp³-hybridized carbons (Fsp3) is 1.00. The summed E-state index contributed by atoms with van der Waals surface area (Å²) in [5.74, 6) is 0. The molecule has 0 heterocycles. The molecular weight excluding hydrogens is 1640 g/mol. The van der Waals surface area contributed by atoms with Crippen molar-refractivity contribution in [3.8, 4) is 0 Å². The SMILES string of the molecule is CC[NH-].[Y].[Y].[Y].[Y].[Y].[Y].[Y].[Y].[Y].[Y].[Y].[Y].[Y].[Y].[Y].[Y].[Y].[Y]. The van der Waals surface area contributed by atoms with Crippen molar-refractivity contribution in [3.05, 3.63) is 5.73 Å². The van der Waals surface area contributed by atoms with Crippen LogP contribution >= 0.6 is 0 Å². The molecule has 0 rings (SSSR count). The van der Waals surface area contributed by atoms with Gasteiger partial charge in [-0.15, -0.1) is 0 Å². The molecule has 18 radical (unpaired) electrons. The van der Waals surface area contributed by atoms with E-state index in [0.717, 1.165) is 0 Å². The van der Waals surface area contributed by atoms with E-state index in [1.165, 1.54) is 0 Å². The molecule has 1 nitrogen and oxygen atoms in total. The summed E-state index contributed by atoms with van der Waals surface area (Å²) in [7, 11) is 0. The normalized spacial score (nSPS) is 0.857. The van der Waals surface area contributed by atoms with Gasteiger partial charge in [0.05, 0.1) is 0 Å². The van der Waals surface area contributed by atoms with Crippen LogP contribution in [0, 0.1) is 0 Å². The van der Waals surface area contributed by atoms with Crippen LogP contribution in [0.5, 0.6) is 0 Å². The molecule has 0 bridgehead atoms. The van der Waals surface area contributed by atoms with Crippen molar-refractivity contribution in [2.75, 3.05) is 6.54 Å². The van der Waals surface area contributed by atoms with E-state index in [-0.39, 0.29) is 589 Å². The van der Waals surface area contributed by atoms with Gasteiger partial charge < -0.3 is 5.73 Å². The van der Waals surface area contributed by atoms with Crippen LogP contribution in [0.25, 0.3) is 5.73 Å². The Labute approximate surface area is 585 Å². The molecular formula is C2H6NY18-. The van der Waals surface area contributed by atoms with Crippen molar-refractivity contribution >= 4 is 0 Å². The van der Waals surface area contributed by atoms with Gasteiger partial charge in [-0.1, -0.05) is 6.92 Å². The van der Waals surface area contributed by atoms with Crippen molar-refractivity contribution in [2.24, 2.45) is 0 Å². The third-order valence-corrected chi connectivity index (χ3v) is 0. The Morgan fingerprint density at radius 2 is 0.333 bits per heavy atom. The molecule has 1 N–H and O–H groups in total. The molecule has 21 heavy (non-hydrogen) atoms. The maximum Gasteiger partial charge on any atom is 0 e. The summed E-state index contributed by atoms with van der Waals surface area (Å²) in [4.78, 5) is 0. The predicted octanol–water partition coefficient (Wildman–Crippen LogP) is 1.01. The summed E-state index contributed by atoms with van der Waals surface area (Å²) in [6.07, 6.45) is 0. The molecule has 0 aliphatic carbocycles. The van der Waals surface area contributed by atoms with Gasteiger partial charge >= 0.3 is 0 Å². The topological polar surface area (TPSA) is 23.8 Å². The Hall–Kier alpha value is 19.8. The maximum absolute atomic E-state index is 6.21. The zero-order valence-electron chi connectivity index (χ0n) is 12.6. The van der Waals surface area contributed by atoms with Crippen molar-refractivity contribution in [3.63, 3.8) is 0 Å². The summed E-state index contributed by atoms with van der Waals surface area (Å²) >= 11 is 0. The summed E-state index contributed by atoms with van der Waals surface area (Å²) in [5.41, 5.74) is 6.21. The molecule has 0 atom stereocenters. The summed E-state index contributed by atoms with van der Waals surface area (Å²) < 4.78 is 0. The van der Waals surface area contributed by atoms with Crippen molar-refractivity contribution in [1.82, 2.24) is 0 Å². The predicted molar refractivity (Wildman–Crippen MR) is 14.9 cm³/mol. The molecule has 0 aromatic carbocycles. The molecule has 0 fully saturated rings. The van der Waals surface area contributed by atoms with Crippen LogP contribution in [0.4, 0.5) is 0 Å². The molecule has 0 saturated heterocycles. The number of nitrogens with one attached hydrogen (secondary N) is 1. The first-order chi connectivity index (χ1) is 1.41. The molecule has 0 aliphatic heterocycles. The fourth-order valence-electron chi connectivity index (χ4n) is 0. The van der Waals surface area contributed by atoms with Crippen LogP contribution in [0.3, 0.4) is 0 Å². The minimum absolute atomic E-state index is 0. The Morgan fingerprint density at radius 3 is 0.333 bits per heavy atom. The van der Waals surface area contributed by atoms with E-state index in [0.29, 0.717) is 6.54 Å². The fourth-order valence-corrected chi connectivity index (χ4v) is 0. The van der Waals surface area contributed by atoms with E-state index in [4.69, 9.17) is 5.73 Å². The van der Waals surface area contributed by atoms with Crippen LogP contribution in [-0.2, 0) is 589 Å². The molecule has 0 aromatic heterocycles. The molecule has 19 heteroatoms. The van der Waals surface area contributed by atoms with Gasteiger partial charge in [0.2, 0.25) is 0 Å². The largest absolute Gasteiger partial charge is 0.678 e. The quantitative estimate of drug-likeness (QED) is 0.347. The van der Waals surface area contributed by atoms with Crippen molar-refractivity contribution in [1.29, 1.82) is 0 Å². The van der Waals surface area contributed by atoms with Crippen LogP contribution in [0.1, 0.15) is 6.92 Å². The number of hydrogen-bond acceptors (Lipinski definition) is 0. The zero-order valence-corrected chi connectivity index (χ0v) is 63.7. The van der Waals surface area contributed by atoms with E-state index in [1.807, 2.05) is 0 Å². The average Bonchev–Trinajstić information content (AvgIpc) is 0.918. The summed E-state index contributed by atoms with van der Waals surface area (Å²) in [6.45, 7) is 2.29. The second kappa shape index (κ2) is 138. The van der Waals surface area contributed by atoms with E-state index >= 15 is 0 Å². The molecule has 0 unspecified atom stereocenters. The van der Waals surface area contributed by atoms with Crippen LogP contribution in [-0.4, -0.2) is 6.54 Å². The second-order valence-electron chi connectivity index (χ2n) is 0.354. The summed E-state index contributed by atoms with van der Waals surface area (Å²) in [6, 6.07) is 0. The standard InChI is InChI=1S/C2H6N.18Y/c1-2-3;;;;;;;;;;;;;;;;;;/h3H,2H2,1H3;;;;;;;;;;;;;;;;;;/q-1;;;;;;;;;;;;;;;;;;. The minimum Gasteiger partial charge on any atom is -0.678 e. The molecule has 0 saturated carbocycles. The first-order valence-corrected chi connectivity index (χ1v) is 1.06. The van der Waals surface area contributed by atoms with Crippen LogP contribution in [0.2, 0.25) is 0 Å². The Kier molecular flexibility index (Phi) is 896. The Morgan fingerprint density at radius 1 is 0.333 bits per heavy atom.